The van der Waals surface area contributed by atoms with Gasteiger partial charge in [0.2, 0.25) is 0 Å². The van der Waals surface area contributed by atoms with E-state index in [0.29, 0.717) is 0 Å². The molecule has 14 heteroatoms. The van der Waals surface area contributed by atoms with E-state index in [4.69, 9.17) is 39.6 Å². The summed E-state index contributed by atoms with van der Waals surface area (Å²) in [7, 11) is 0. The van der Waals surface area contributed by atoms with Crippen LogP contribution in [0.2, 0.25) is 0 Å². The average Bonchev–Trinajstić information content (AvgIpc) is 2.55. The maximum atomic E-state index is 10.2. The molecule has 12 nitrogen and oxygen atoms in total. The Morgan fingerprint density at radius 1 is 0.531 bits per heavy atom. The number of hydrogen-bond acceptors (Lipinski definition) is 10. The molecule has 0 atom stereocenters. The summed E-state index contributed by atoms with van der Waals surface area (Å²) in [6, 6.07) is 5.89. The van der Waals surface area contributed by atoms with Crippen LogP contribution in [0, 0.1) is 0 Å². The fraction of sp³-hybridized carbons (Fsp3) is 0.222. The summed E-state index contributed by atoms with van der Waals surface area (Å²) < 4.78 is 0. The number of rotatable bonds is 0. The molecule has 0 bridgehead atoms. The second-order valence-electron chi connectivity index (χ2n) is 4.44. The Hall–Kier alpha value is -3.18. The number of aliphatic carboxylic acids is 4. The monoisotopic (exact) mass is 552 g/mol. The van der Waals surface area contributed by atoms with Crippen molar-refractivity contribution in [1.29, 1.82) is 0 Å². The largest absolute Gasteiger partial charge is 2.00 e. The van der Waals surface area contributed by atoms with Gasteiger partial charge in [-0.15, -0.1) is 0 Å². The van der Waals surface area contributed by atoms with Crippen LogP contribution in [0.25, 0.3) is 0 Å². The fourth-order valence-corrected chi connectivity index (χ4v) is 0.743. The number of carboxylic acids is 4. The van der Waals surface area contributed by atoms with E-state index in [1.54, 1.807) is 24.8 Å². The van der Waals surface area contributed by atoms with Gasteiger partial charge in [-0.3, -0.25) is 9.59 Å². The molecular formula is C18H22Cu2N2O10. The van der Waals surface area contributed by atoms with Gasteiger partial charge in [-0.25, -0.2) is 0 Å². The Morgan fingerprint density at radius 3 is 0.719 bits per heavy atom. The molecule has 0 saturated heterocycles. The van der Waals surface area contributed by atoms with E-state index in [1.807, 2.05) is 0 Å². The first-order valence-electron chi connectivity index (χ1n) is 7.68. The Labute approximate surface area is 204 Å². The van der Waals surface area contributed by atoms with Crippen LogP contribution in [0.1, 0.15) is 27.7 Å². The first-order valence-corrected chi connectivity index (χ1v) is 7.68. The molecule has 186 valence electrons. The van der Waals surface area contributed by atoms with E-state index in [1.165, 1.54) is 24.3 Å². The third kappa shape index (κ3) is 109. The third-order valence-corrected chi connectivity index (χ3v) is 1.38. The van der Waals surface area contributed by atoms with Crippen LogP contribution in [0.5, 0.6) is 0 Å². The van der Waals surface area contributed by atoms with E-state index in [2.05, 4.69) is 9.97 Å². The summed E-state index contributed by atoms with van der Waals surface area (Å²) in [5.74, 6) is -4.33. The van der Waals surface area contributed by atoms with Crippen LogP contribution in [0.4, 0.5) is 0 Å². The van der Waals surface area contributed by atoms with Crippen molar-refractivity contribution in [3.63, 3.8) is 0 Å². The Kier molecular flexibility index (Phi) is 43.5. The van der Waals surface area contributed by atoms with Crippen molar-refractivity contribution in [3.05, 3.63) is 69.5 Å². The zero-order chi connectivity index (χ0) is 24.5. The molecule has 0 saturated carbocycles. The van der Waals surface area contributed by atoms with Crippen molar-refractivity contribution in [2.45, 2.75) is 27.7 Å². The molecule has 0 aliphatic carbocycles. The van der Waals surface area contributed by atoms with Gasteiger partial charge in [-0.05, 0) is 27.7 Å². The molecular weight excluding hydrogens is 531 g/mol. The molecule has 2 N–H and O–H groups in total. The van der Waals surface area contributed by atoms with Gasteiger partial charge in [0, 0.05) is 72.9 Å². The van der Waals surface area contributed by atoms with Crippen LogP contribution in [0.15, 0.2) is 58.6 Å². The number of pyridine rings is 2. The molecule has 0 amide bonds. The molecule has 0 unspecified atom stereocenters. The maximum Gasteiger partial charge on any atom is 2.00 e. The van der Waals surface area contributed by atoms with E-state index in [9.17, 15) is 9.59 Å². The topological polar surface area (TPSA) is 226 Å². The van der Waals surface area contributed by atoms with Crippen LogP contribution in [-0.2, 0) is 53.3 Å². The van der Waals surface area contributed by atoms with Gasteiger partial charge in [0.25, 0.3) is 0 Å². The number of carbonyl (C=O) groups is 4. The van der Waals surface area contributed by atoms with Crippen molar-refractivity contribution in [2.75, 3.05) is 0 Å². The zero-order valence-electron chi connectivity index (χ0n) is 17.3. The molecule has 0 spiro atoms. The molecule has 2 rings (SSSR count). The SMILES string of the molecule is CC(=O)[O-].CC(=O)[O-].CC(=O)[O-].CC(=O)[O-].O=c1cc[nH]cc1.O=c1cc[nH]cc1.[Cu+2].[Cu+2]. The van der Waals surface area contributed by atoms with E-state index >= 15 is 0 Å². The smallest absolute Gasteiger partial charge is 0.550 e. The van der Waals surface area contributed by atoms with E-state index < -0.39 is 23.9 Å². The van der Waals surface area contributed by atoms with Crippen molar-refractivity contribution in [2.24, 2.45) is 0 Å². The van der Waals surface area contributed by atoms with Crippen LogP contribution < -0.4 is 31.3 Å². The second-order valence-corrected chi connectivity index (χ2v) is 4.44. The van der Waals surface area contributed by atoms with Gasteiger partial charge in [0.1, 0.15) is 0 Å². The van der Waals surface area contributed by atoms with Crippen LogP contribution in [0.3, 0.4) is 0 Å². The Balaban J connectivity index is -0.0000000643. The maximum absolute atomic E-state index is 10.2. The number of nitrogens with one attached hydrogen (secondary N) is 2. The molecule has 2 heterocycles. The molecule has 0 aliphatic rings. The summed E-state index contributed by atoms with van der Waals surface area (Å²) in [5.41, 5.74) is 0.0810. The fourth-order valence-electron chi connectivity index (χ4n) is 0.743. The predicted molar refractivity (Wildman–Crippen MR) is 96.8 cm³/mol. The number of carboxylic acid groups (broad SMARTS) is 4. The van der Waals surface area contributed by atoms with Crippen molar-refractivity contribution >= 4 is 23.9 Å². The Morgan fingerprint density at radius 2 is 0.656 bits per heavy atom. The average molecular weight is 553 g/mol. The summed E-state index contributed by atoms with van der Waals surface area (Å²) in [5, 5.41) is 35.6. The quantitative estimate of drug-likeness (QED) is 0.299. The first-order chi connectivity index (χ1) is 13.7. The van der Waals surface area contributed by atoms with Crippen LogP contribution in [-0.4, -0.2) is 33.8 Å². The standard InChI is InChI=1S/2C5H5NO.4C2H4O2.2Cu/c2*7-5-1-3-6-4-2-5;4*1-2(3)4;;/h2*1-4H,(H,6,7);4*1H3,(H,3,4);;/q;;;;;;2*+2/p-4. The van der Waals surface area contributed by atoms with Gasteiger partial charge in [0.15, 0.2) is 10.9 Å². The first kappa shape index (κ1) is 42.8. The van der Waals surface area contributed by atoms with E-state index in [0.717, 1.165) is 27.7 Å². The van der Waals surface area contributed by atoms with Gasteiger partial charge in [0.05, 0.1) is 0 Å². The summed E-state index contributed by atoms with van der Waals surface area (Å²) in [6.07, 6.45) is 6.40. The van der Waals surface area contributed by atoms with Crippen LogP contribution >= 0.6 is 0 Å². The molecule has 0 aromatic carbocycles. The minimum Gasteiger partial charge on any atom is -0.550 e. The van der Waals surface area contributed by atoms with E-state index in [-0.39, 0.29) is 45.0 Å². The molecule has 2 aromatic heterocycles. The number of carbonyl (C=O) groups excluding carboxylic acids is 4. The third-order valence-electron chi connectivity index (χ3n) is 1.38. The number of hydrogen-bond donors (Lipinski definition) is 2. The summed E-state index contributed by atoms with van der Waals surface area (Å²) >= 11 is 0. The molecule has 2 aromatic rings. The Bertz CT molecular complexity index is 694. The number of H-pyrrole nitrogens is 2. The number of aromatic amines is 2. The zero-order valence-corrected chi connectivity index (χ0v) is 19.2. The molecule has 0 fully saturated rings. The minimum atomic E-state index is -1.08. The van der Waals surface area contributed by atoms with Gasteiger partial charge >= 0.3 is 34.1 Å². The van der Waals surface area contributed by atoms with Crippen molar-refractivity contribution in [1.82, 2.24) is 9.97 Å². The molecule has 2 radical (unpaired) electrons. The molecule has 0 aliphatic heterocycles. The number of aromatic nitrogens is 2. The normalized spacial score (nSPS) is 6.88. The minimum absolute atomic E-state index is 0. The summed E-state index contributed by atoms with van der Waals surface area (Å²) in [4.78, 5) is 61.5. The second kappa shape index (κ2) is 32.5. The van der Waals surface area contributed by atoms with Gasteiger partial charge in [-0.2, -0.15) is 0 Å². The molecule has 32 heavy (non-hydrogen) atoms. The van der Waals surface area contributed by atoms with Gasteiger partial charge < -0.3 is 49.6 Å². The van der Waals surface area contributed by atoms with Gasteiger partial charge in [-0.1, -0.05) is 0 Å². The predicted octanol–water partition coefficient (Wildman–Crippen LogP) is -4.23. The summed E-state index contributed by atoms with van der Waals surface area (Å²) in [6.45, 7) is 3.89. The van der Waals surface area contributed by atoms with Crippen molar-refractivity contribution in [3.8, 4) is 0 Å². The van der Waals surface area contributed by atoms with Crippen molar-refractivity contribution < 1.29 is 73.7 Å².